The molecule has 0 heterocycles. The van der Waals surface area contributed by atoms with Crippen LogP contribution in [-0.4, -0.2) is 23.4 Å². The predicted molar refractivity (Wildman–Crippen MR) is 55.2 cm³/mol. The maximum absolute atomic E-state index is 11.7. The minimum Gasteiger partial charge on any atom is -0.327 e. The fraction of sp³-hybridized carbons (Fsp3) is 0.727. The fourth-order valence-corrected chi connectivity index (χ4v) is 2.35. The van der Waals surface area contributed by atoms with Gasteiger partial charge in [-0.15, -0.1) is 0 Å². The summed E-state index contributed by atoms with van der Waals surface area (Å²) in [4.78, 5) is 33.9. The Labute approximate surface area is 89.2 Å². The third-order valence-corrected chi connectivity index (χ3v) is 3.01. The van der Waals surface area contributed by atoms with E-state index in [1.807, 2.05) is 0 Å². The number of hydrogen-bond donors (Lipinski definition) is 1. The van der Waals surface area contributed by atoms with Crippen LogP contribution in [0.5, 0.6) is 0 Å². The van der Waals surface area contributed by atoms with Crippen LogP contribution in [0, 0.1) is 11.8 Å². The Balaban J connectivity index is 2.73. The molecule has 3 atom stereocenters. The normalized spacial score (nSPS) is 30.2. The molecule has 3 unspecified atom stereocenters. The maximum Gasteiger partial charge on any atom is 0.144 e. The van der Waals surface area contributed by atoms with Crippen molar-refractivity contribution in [3.8, 4) is 0 Å². The summed E-state index contributed by atoms with van der Waals surface area (Å²) in [5.74, 6) is -1.03. The first kappa shape index (κ1) is 12.0. The van der Waals surface area contributed by atoms with E-state index in [-0.39, 0.29) is 41.6 Å². The van der Waals surface area contributed by atoms with Crippen molar-refractivity contribution in [2.24, 2.45) is 17.6 Å². The van der Waals surface area contributed by atoms with Gasteiger partial charge in [0.05, 0.1) is 6.42 Å². The number of carbonyl (C=O) groups is 3. The molecule has 1 fully saturated rings. The Kier molecular flexibility index (Phi) is 3.74. The Bertz CT molecular complexity index is 298. The summed E-state index contributed by atoms with van der Waals surface area (Å²) in [6, 6.07) is -0.219. The van der Waals surface area contributed by atoms with Gasteiger partial charge in [-0.25, -0.2) is 0 Å². The van der Waals surface area contributed by atoms with Crippen LogP contribution in [0.15, 0.2) is 0 Å². The molecule has 4 heteroatoms. The second-order valence-electron chi connectivity index (χ2n) is 4.33. The summed E-state index contributed by atoms with van der Waals surface area (Å²) in [7, 11) is 0. The lowest BCUT2D eigenvalue weighted by atomic mass is 9.86. The first-order chi connectivity index (χ1) is 6.93. The van der Waals surface area contributed by atoms with Crippen LogP contribution in [0.25, 0.3) is 0 Å². The van der Waals surface area contributed by atoms with Crippen molar-refractivity contribution in [3.63, 3.8) is 0 Å². The Morgan fingerprint density at radius 1 is 1.20 bits per heavy atom. The topological polar surface area (TPSA) is 77.2 Å². The van der Waals surface area contributed by atoms with Crippen LogP contribution in [0.4, 0.5) is 0 Å². The minimum absolute atomic E-state index is 0.0399. The van der Waals surface area contributed by atoms with Crippen molar-refractivity contribution in [1.82, 2.24) is 0 Å². The van der Waals surface area contributed by atoms with E-state index >= 15 is 0 Å². The average Bonchev–Trinajstić information content (AvgIpc) is 2.45. The summed E-state index contributed by atoms with van der Waals surface area (Å²) < 4.78 is 0. The van der Waals surface area contributed by atoms with Gasteiger partial charge < -0.3 is 5.73 Å². The molecule has 0 spiro atoms. The van der Waals surface area contributed by atoms with E-state index in [1.54, 1.807) is 0 Å². The Morgan fingerprint density at radius 2 is 1.80 bits per heavy atom. The number of carbonyl (C=O) groups excluding carboxylic acids is 3. The average molecular weight is 211 g/mol. The molecule has 0 aromatic carbocycles. The molecule has 0 radical (unpaired) electrons. The van der Waals surface area contributed by atoms with E-state index in [4.69, 9.17) is 5.73 Å². The number of ketones is 3. The molecule has 0 bridgehead atoms. The zero-order valence-electron chi connectivity index (χ0n) is 9.16. The van der Waals surface area contributed by atoms with Gasteiger partial charge in [0.1, 0.15) is 17.3 Å². The summed E-state index contributed by atoms with van der Waals surface area (Å²) in [5.41, 5.74) is 5.78. The second-order valence-corrected chi connectivity index (χ2v) is 4.33. The molecular weight excluding hydrogens is 194 g/mol. The largest absolute Gasteiger partial charge is 0.327 e. The molecule has 84 valence electrons. The molecule has 0 aromatic rings. The SMILES string of the molecule is CC(=O)CC(=O)C1CCC(N)C1C(C)=O. The van der Waals surface area contributed by atoms with E-state index in [2.05, 4.69) is 0 Å². The van der Waals surface area contributed by atoms with Crippen molar-refractivity contribution in [2.45, 2.75) is 39.2 Å². The molecule has 2 N–H and O–H groups in total. The first-order valence-corrected chi connectivity index (χ1v) is 5.21. The van der Waals surface area contributed by atoms with Crippen LogP contribution in [-0.2, 0) is 14.4 Å². The van der Waals surface area contributed by atoms with Crippen molar-refractivity contribution in [3.05, 3.63) is 0 Å². The first-order valence-electron chi connectivity index (χ1n) is 5.21. The van der Waals surface area contributed by atoms with Crippen LogP contribution in [0.1, 0.15) is 33.1 Å². The van der Waals surface area contributed by atoms with E-state index < -0.39 is 0 Å². The van der Waals surface area contributed by atoms with E-state index in [0.29, 0.717) is 12.8 Å². The number of rotatable bonds is 4. The molecule has 0 aromatic heterocycles. The molecule has 1 saturated carbocycles. The van der Waals surface area contributed by atoms with Crippen molar-refractivity contribution >= 4 is 17.3 Å². The number of hydrogen-bond acceptors (Lipinski definition) is 4. The second kappa shape index (κ2) is 4.66. The highest BCUT2D eigenvalue weighted by atomic mass is 16.2. The lowest BCUT2D eigenvalue weighted by Crippen LogP contribution is -2.36. The molecule has 15 heavy (non-hydrogen) atoms. The van der Waals surface area contributed by atoms with Crippen LogP contribution in [0.3, 0.4) is 0 Å². The lowest BCUT2D eigenvalue weighted by molar-refractivity contribution is -0.133. The van der Waals surface area contributed by atoms with Crippen LogP contribution in [0.2, 0.25) is 0 Å². The van der Waals surface area contributed by atoms with Crippen molar-refractivity contribution in [2.75, 3.05) is 0 Å². The van der Waals surface area contributed by atoms with Gasteiger partial charge in [-0.1, -0.05) is 0 Å². The standard InChI is InChI=1S/C11H17NO3/c1-6(13)5-10(15)8-3-4-9(12)11(8)7(2)14/h8-9,11H,3-5,12H2,1-2H3. The van der Waals surface area contributed by atoms with Gasteiger partial charge in [-0.2, -0.15) is 0 Å². The van der Waals surface area contributed by atoms with Gasteiger partial charge >= 0.3 is 0 Å². The van der Waals surface area contributed by atoms with Gasteiger partial charge in [0.25, 0.3) is 0 Å². The third kappa shape index (κ3) is 2.72. The summed E-state index contributed by atoms with van der Waals surface area (Å²) in [6.07, 6.45) is 1.26. The van der Waals surface area contributed by atoms with Crippen molar-refractivity contribution in [1.29, 1.82) is 0 Å². The van der Waals surface area contributed by atoms with Crippen molar-refractivity contribution < 1.29 is 14.4 Å². The summed E-state index contributed by atoms with van der Waals surface area (Å²) in [5, 5.41) is 0. The number of nitrogens with two attached hydrogens (primary N) is 1. The Hall–Kier alpha value is -1.03. The molecule has 1 rings (SSSR count). The molecule has 0 aliphatic heterocycles. The zero-order valence-corrected chi connectivity index (χ0v) is 9.16. The third-order valence-electron chi connectivity index (χ3n) is 3.01. The molecule has 1 aliphatic carbocycles. The number of Topliss-reactive ketones (excluding diaryl/α,β-unsaturated/α-hetero) is 3. The van der Waals surface area contributed by atoms with Gasteiger partial charge in [-0.3, -0.25) is 14.4 Å². The quantitative estimate of drug-likeness (QED) is 0.686. The highest BCUT2D eigenvalue weighted by molar-refractivity contribution is 6.01. The van der Waals surface area contributed by atoms with E-state index in [1.165, 1.54) is 13.8 Å². The summed E-state index contributed by atoms with van der Waals surface area (Å²) in [6.45, 7) is 2.85. The molecule has 4 nitrogen and oxygen atoms in total. The summed E-state index contributed by atoms with van der Waals surface area (Å²) >= 11 is 0. The lowest BCUT2D eigenvalue weighted by Gasteiger charge is -2.18. The zero-order chi connectivity index (χ0) is 11.6. The van der Waals surface area contributed by atoms with E-state index in [9.17, 15) is 14.4 Å². The molecule has 1 aliphatic rings. The fourth-order valence-electron chi connectivity index (χ4n) is 2.35. The highest BCUT2D eigenvalue weighted by Gasteiger charge is 2.40. The van der Waals surface area contributed by atoms with Gasteiger partial charge in [-0.05, 0) is 26.7 Å². The maximum atomic E-state index is 11.7. The van der Waals surface area contributed by atoms with Crippen LogP contribution < -0.4 is 5.73 Å². The molecular formula is C11H17NO3. The predicted octanol–water partition coefficient (Wildman–Crippen LogP) is 0.477. The minimum atomic E-state index is -0.378. The highest BCUT2D eigenvalue weighted by Crippen LogP contribution is 2.33. The van der Waals surface area contributed by atoms with E-state index in [0.717, 1.165) is 0 Å². The van der Waals surface area contributed by atoms with Gasteiger partial charge in [0.2, 0.25) is 0 Å². The van der Waals surface area contributed by atoms with Gasteiger partial charge in [0, 0.05) is 17.9 Å². The Morgan fingerprint density at radius 3 is 2.27 bits per heavy atom. The van der Waals surface area contributed by atoms with Crippen LogP contribution >= 0.6 is 0 Å². The monoisotopic (exact) mass is 211 g/mol. The molecule has 0 saturated heterocycles. The smallest absolute Gasteiger partial charge is 0.144 e. The molecule has 0 amide bonds. The van der Waals surface area contributed by atoms with Gasteiger partial charge in [0.15, 0.2) is 0 Å².